The van der Waals surface area contributed by atoms with E-state index in [-0.39, 0.29) is 0 Å². The summed E-state index contributed by atoms with van der Waals surface area (Å²) >= 11 is 1.46. The molecule has 2 rings (SSSR count). The first-order chi connectivity index (χ1) is 5.79. The van der Waals surface area contributed by atoms with Crippen molar-refractivity contribution in [2.24, 2.45) is 0 Å². The van der Waals surface area contributed by atoms with Crippen molar-refractivity contribution in [1.29, 1.82) is 0 Å². The van der Waals surface area contributed by atoms with Gasteiger partial charge < -0.3 is 0 Å². The van der Waals surface area contributed by atoms with Crippen molar-refractivity contribution in [3.8, 4) is 0 Å². The fraction of sp³-hybridized carbons (Fsp3) is 0. The fourth-order valence-corrected chi connectivity index (χ4v) is 2.05. The molecule has 0 saturated heterocycles. The van der Waals surface area contributed by atoms with Gasteiger partial charge in [-0.15, -0.1) is 11.3 Å². The quantitative estimate of drug-likeness (QED) is 0.470. The Morgan fingerprint density at radius 1 is 1.33 bits per heavy atom. The molecule has 0 aliphatic heterocycles. The Balaban J connectivity index is 2.75. The van der Waals surface area contributed by atoms with Crippen LogP contribution in [0, 0.1) is 0 Å². The zero-order chi connectivity index (χ0) is 8.55. The number of benzene rings is 1. The normalized spacial score (nSPS) is 10.3. The molecule has 2 radical (unpaired) electrons. The van der Waals surface area contributed by atoms with Gasteiger partial charge in [0, 0.05) is 4.70 Å². The highest BCUT2D eigenvalue weighted by atomic mass is 32.1. The number of aldehydes is 1. The third-order valence-corrected chi connectivity index (χ3v) is 2.70. The summed E-state index contributed by atoms with van der Waals surface area (Å²) in [4.78, 5) is 11.2. The van der Waals surface area contributed by atoms with Crippen molar-refractivity contribution in [2.45, 2.75) is 0 Å². The van der Waals surface area contributed by atoms with Gasteiger partial charge in [-0.25, -0.2) is 0 Å². The first-order valence-corrected chi connectivity index (χ1v) is 4.35. The summed E-state index contributed by atoms with van der Waals surface area (Å²) in [6.07, 6.45) is 0.862. The first-order valence-electron chi connectivity index (χ1n) is 3.54. The van der Waals surface area contributed by atoms with Crippen LogP contribution in [-0.2, 0) is 0 Å². The minimum Gasteiger partial charge on any atom is -0.297 e. The van der Waals surface area contributed by atoms with Gasteiger partial charge in [-0.2, -0.15) is 0 Å². The van der Waals surface area contributed by atoms with Gasteiger partial charge in [0.2, 0.25) is 0 Å². The van der Waals surface area contributed by atoms with E-state index in [0.717, 1.165) is 26.7 Å². The molecule has 0 aliphatic carbocycles. The molecule has 0 aliphatic rings. The number of carbonyl (C=O) groups excluding carboxylic acids is 1. The Bertz CT molecular complexity index is 433. The molecular weight excluding hydrogens is 167 g/mol. The molecule has 0 amide bonds. The third kappa shape index (κ3) is 1.16. The minimum absolute atomic E-state index is 0.738. The van der Waals surface area contributed by atoms with Crippen LogP contribution in [-0.4, -0.2) is 14.1 Å². The van der Waals surface area contributed by atoms with Crippen LogP contribution in [0.25, 0.3) is 10.1 Å². The topological polar surface area (TPSA) is 17.1 Å². The molecule has 56 valence electrons. The van der Waals surface area contributed by atoms with Crippen molar-refractivity contribution in [3.63, 3.8) is 0 Å². The van der Waals surface area contributed by atoms with E-state index >= 15 is 0 Å². The molecular formula is C9H5BOS. The van der Waals surface area contributed by atoms with Crippen molar-refractivity contribution >= 4 is 41.0 Å². The average Bonchev–Trinajstić information content (AvgIpc) is 2.46. The highest BCUT2D eigenvalue weighted by molar-refractivity contribution is 7.20. The summed E-state index contributed by atoms with van der Waals surface area (Å²) in [6.45, 7) is 0. The van der Waals surface area contributed by atoms with Gasteiger partial charge in [0.05, 0.1) is 4.88 Å². The fourth-order valence-electron chi connectivity index (χ4n) is 1.13. The number of hydrogen-bond donors (Lipinski definition) is 0. The van der Waals surface area contributed by atoms with Crippen LogP contribution in [0.3, 0.4) is 0 Å². The van der Waals surface area contributed by atoms with E-state index < -0.39 is 0 Å². The SMILES string of the molecule is [B]c1ccc2cc(C=O)sc2c1. The van der Waals surface area contributed by atoms with Gasteiger partial charge in [-0.1, -0.05) is 23.7 Å². The number of fused-ring (bicyclic) bond motifs is 1. The Morgan fingerprint density at radius 2 is 2.17 bits per heavy atom. The Morgan fingerprint density at radius 3 is 2.92 bits per heavy atom. The molecule has 12 heavy (non-hydrogen) atoms. The van der Waals surface area contributed by atoms with E-state index in [0.29, 0.717) is 0 Å². The summed E-state index contributed by atoms with van der Waals surface area (Å²) in [5, 5.41) is 1.08. The molecule has 0 spiro atoms. The molecule has 0 atom stereocenters. The number of thiophene rings is 1. The summed E-state index contributed by atoms with van der Waals surface area (Å²) in [5.41, 5.74) is 0.738. The van der Waals surface area contributed by atoms with Crippen molar-refractivity contribution in [3.05, 3.63) is 29.1 Å². The van der Waals surface area contributed by atoms with Crippen molar-refractivity contribution in [1.82, 2.24) is 0 Å². The van der Waals surface area contributed by atoms with E-state index in [1.807, 2.05) is 24.3 Å². The molecule has 1 nitrogen and oxygen atoms in total. The van der Waals surface area contributed by atoms with Crippen LogP contribution >= 0.6 is 11.3 Å². The smallest absolute Gasteiger partial charge is 0.160 e. The first kappa shape index (κ1) is 7.56. The van der Waals surface area contributed by atoms with Crippen molar-refractivity contribution < 1.29 is 4.79 Å². The lowest BCUT2D eigenvalue weighted by atomic mass is 9.96. The standard InChI is InChI=1S/C9H5BOS/c10-7-2-1-6-3-8(5-11)12-9(6)4-7/h1-5H. The Kier molecular flexibility index (Phi) is 1.73. The predicted octanol–water partition coefficient (Wildman–Crippen LogP) is 1.51. The van der Waals surface area contributed by atoms with E-state index in [4.69, 9.17) is 7.85 Å². The molecule has 1 aromatic carbocycles. The van der Waals surface area contributed by atoms with Gasteiger partial charge in [0.1, 0.15) is 7.85 Å². The van der Waals surface area contributed by atoms with E-state index in [9.17, 15) is 4.79 Å². The van der Waals surface area contributed by atoms with Crippen LogP contribution < -0.4 is 5.46 Å². The number of hydrogen-bond acceptors (Lipinski definition) is 2. The number of rotatable bonds is 1. The van der Waals surface area contributed by atoms with E-state index in [1.54, 1.807) is 0 Å². The monoisotopic (exact) mass is 172 g/mol. The molecule has 3 heteroatoms. The van der Waals surface area contributed by atoms with Crippen LogP contribution in [0.1, 0.15) is 9.67 Å². The molecule has 0 fully saturated rings. The molecule has 0 unspecified atom stereocenters. The molecule has 2 aromatic rings. The van der Waals surface area contributed by atoms with Crippen molar-refractivity contribution in [2.75, 3.05) is 0 Å². The number of carbonyl (C=O) groups is 1. The molecule has 0 saturated carbocycles. The average molecular weight is 172 g/mol. The summed E-state index contributed by atoms with van der Waals surface area (Å²) in [6, 6.07) is 7.51. The molecule has 1 heterocycles. The van der Waals surface area contributed by atoms with Crippen LogP contribution in [0.15, 0.2) is 24.3 Å². The second-order valence-electron chi connectivity index (χ2n) is 2.56. The predicted molar refractivity (Wildman–Crippen MR) is 52.6 cm³/mol. The van der Waals surface area contributed by atoms with Gasteiger partial charge in [0.15, 0.2) is 6.29 Å². The maximum absolute atomic E-state index is 10.4. The Hall–Kier alpha value is -1.09. The minimum atomic E-state index is 0.738. The van der Waals surface area contributed by atoms with E-state index in [1.165, 1.54) is 11.3 Å². The Labute approximate surface area is 75.4 Å². The van der Waals surface area contributed by atoms with Crippen LogP contribution in [0.5, 0.6) is 0 Å². The zero-order valence-electron chi connectivity index (χ0n) is 6.28. The molecule has 1 aromatic heterocycles. The van der Waals surface area contributed by atoms with Gasteiger partial charge >= 0.3 is 0 Å². The summed E-state index contributed by atoms with van der Waals surface area (Å²) in [7, 11) is 5.59. The van der Waals surface area contributed by atoms with Gasteiger partial charge in [-0.05, 0) is 11.5 Å². The molecule has 0 bridgehead atoms. The van der Waals surface area contributed by atoms with Gasteiger partial charge in [-0.3, -0.25) is 4.79 Å². The van der Waals surface area contributed by atoms with E-state index in [2.05, 4.69) is 0 Å². The van der Waals surface area contributed by atoms with Crippen LogP contribution in [0.2, 0.25) is 0 Å². The van der Waals surface area contributed by atoms with Gasteiger partial charge in [0.25, 0.3) is 0 Å². The zero-order valence-corrected chi connectivity index (χ0v) is 7.10. The maximum atomic E-state index is 10.4. The van der Waals surface area contributed by atoms with Crippen LogP contribution in [0.4, 0.5) is 0 Å². The lowest BCUT2D eigenvalue weighted by Crippen LogP contribution is -1.98. The lowest BCUT2D eigenvalue weighted by molar-refractivity contribution is 0.112. The summed E-state index contributed by atoms with van der Waals surface area (Å²) in [5.74, 6) is 0. The summed E-state index contributed by atoms with van der Waals surface area (Å²) < 4.78 is 1.07. The largest absolute Gasteiger partial charge is 0.297 e. The third-order valence-electron chi connectivity index (χ3n) is 1.68. The highest BCUT2D eigenvalue weighted by Gasteiger charge is 1.99. The second-order valence-corrected chi connectivity index (χ2v) is 3.68. The highest BCUT2D eigenvalue weighted by Crippen LogP contribution is 2.22. The second kappa shape index (κ2) is 2.75. The maximum Gasteiger partial charge on any atom is 0.160 e. The lowest BCUT2D eigenvalue weighted by Gasteiger charge is -1.90. The molecule has 0 N–H and O–H groups in total.